The molecule has 0 aromatic heterocycles. The normalized spacial score (nSPS) is 20.3. The van der Waals surface area contributed by atoms with Gasteiger partial charge in [-0.3, -0.25) is 0 Å². The van der Waals surface area contributed by atoms with Gasteiger partial charge in [0.15, 0.2) is 17.5 Å². The fraction of sp³-hybridized carbons (Fsp3) is 0.400. The molecule has 0 radical (unpaired) electrons. The van der Waals surface area contributed by atoms with E-state index in [0.717, 1.165) is 0 Å². The standard InChI is InChI=1S/C10H11F3N2O2S/c11-8-3-7(4-9(12)10(8)13)18(16,17)15-6-1-2-14-5-6/h3-4,6,14-15H,1-2,5H2. The second kappa shape index (κ2) is 4.87. The first kappa shape index (κ1) is 13.3. The number of hydrogen-bond acceptors (Lipinski definition) is 3. The van der Waals surface area contributed by atoms with Crippen molar-refractivity contribution in [3.05, 3.63) is 29.6 Å². The zero-order valence-electron chi connectivity index (χ0n) is 9.21. The lowest BCUT2D eigenvalue weighted by Crippen LogP contribution is -2.36. The molecule has 0 bridgehead atoms. The molecule has 1 saturated heterocycles. The van der Waals surface area contributed by atoms with Crippen LogP contribution in [-0.4, -0.2) is 27.5 Å². The topological polar surface area (TPSA) is 58.2 Å². The van der Waals surface area contributed by atoms with E-state index in [-0.39, 0.29) is 6.04 Å². The monoisotopic (exact) mass is 280 g/mol. The van der Waals surface area contributed by atoms with E-state index in [1.807, 2.05) is 0 Å². The lowest BCUT2D eigenvalue weighted by molar-refractivity contribution is 0.442. The van der Waals surface area contributed by atoms with E-state index in [1.54, 1.807) is 0 Å². The molecule has 1 fully saturated rings. The zero-order valence-corrected chi connectivity index (χ0v) is 10.0. The summed E-state index contributed by atoms with van der Waals surface area (Å²) in [5.41, 5.74) is 0. The van der Waals surface area contributed by atoms with Crippen LogP contribution in [0, 0.1) is 17.5 Å². The number of rotatable bonds is 3. The van der Waals surface area contributed by atoms with Crippen molar-refractivity contribution in [3.8, 4) is 0 Å². The molecule has 2 rings (SSSR count). The molecule has 1 heterocycles. The third-order valence-electron chi connectivity index (χ3n) is 2.65. The number of hydrogen-bond donors (Lipinski definition) is 2. The lowest BCUT2D eigenvalue weighted by Gasteiger charge is -2.12. The van der Waals surface area contributed by atoms with Crippen LogP contribution in [0.4, 0.5) is 13.2 Å². The molecule has 1 aliphatic heterocycles. The van der Waals surface area contributed by atoms with E-state index < -0.39 is 32.4 Å². The summed E-state index contributed by atoms with van der Waals surface area (Å²) in [4.78, 5) is -0.620. The molecule has 1 atom stereocenters. The van der Waals surface area contributed by atoms with Crippen LogP contribution < -0.4 is 10.0 Å². The van der Waals surface area contributed by atoms with Crippen molar-refractivity contribution in [2.45, 2.75) is 17.4 Å². The molecule has 0 aliphatic carbocycles. The minimum atomic E-state index is -4.04. The largest absolute Gasteiger partial charge is 0.315 e. The van der Waals surface area contributed by atoms with Gasteiger partial charge in [0.05, 0.1) is 4.90 Å². The second-order valence-electron chi connectivity index (χ2n) is 4.01. The summed E-state index contributed by atoms with van der Waals surface area (Å²) in [7, 11) is -4.04. The highest BCUT2D eigenvalue weighted by Crippen LogP contribution is 2.18. The Hall–Kier alpha value is -1.12. The molecular weight excluding hydrogens is 269 g/mol. The Morgan fingerprint density at radius 2 is 1.83 bits per heavy atom. The molecule has 0 spiro atoms. The van der Waals surface area contributed by atoms with Crippen LogP contribution in [0.5, 0.6) is 0 Å². The van der Waals surface area contributed by atoms with Gasteiger partial charge in [0, 0.05) is 12.6 Å². The van der Waals surface area contributed by atoms with Crippen molar-refractivity contribution in [1.82, 2.24) is 10.0 Å². The summed E-state index contributed by atoms with van der Waals surface area (Å²) in [5, 5.41) is 2.94. The highest BCUT2D eigenvalue weighted by atomic mass is 32.2. The minimum absolute atomic E-state index is 0.328. The van der Waals surface area contributed by atoms with Gasteiger partial charge < -0.3 is 5.32 Å². The van der Waals surface area contributed by atoms with Gasteiger partial charge in [-0.25, -0.2) is 26.3 Å². The van der Waals surface area contributed by atoms with Crippen molar-refractivity contribution in [3.63, 3.8) is 0 Å². The Bertz CT molecular complexity index is 533. The molecule has 4 nitrogen and oxygen atoms in total. The van der Waals surface area contributed by atoms with E-state index in [2.05, 4.69) is 10.0 Å². The van der Waals surface area contributed by atoms with Crippen LogP contribution in [0.3, 0.4) is 0 Å². The summed E-state index contributed by atoms with van der Waals surface area (Å²) in [6.45, 7) is 1.12. The molecular formula is C10H11F3N2O2S. The fourth-order valence-electron chi connectivity index (χ4n) is 1.73. The van der Waals surface area contributed by atoms with Gasteiger partial charge in [-0.1, -0.05) is 0 Å². The van der Waals surface area contributed by atoms with Gasteiger partial charge in [-0.05, 0) is 25.1 Å². The quantitative estimate of drug-likeness (QED) is 0.803. The second-order valence-corrected chi connectivity index (χ2v) is 5.73. The van der Waals surface area contributed by atoms with E-state index in [1.165, 1.54) is 0 Å². The molecule has 1 aromatic rings. The van der Waals surface area contributed by atoms with E-state index in [4.69, 9.17) is 0 Å². The van der Waals surface area contributed by atoms with Gasteiger partial charge in [-0.2, -0.15) is 0 Å². The van der Waals surface area contributed by atoms with Crippen LogP contribution in [0.1, 0.15) is 6.42 Å². The molecule has 1 aliphatic rings. The van der Waals surface area contributed by atoms with Crippen LogP contribution >= 0.6 is 0 Å². The van der Waals surface area contributed by atoms with Crippen LogP contribution in [0.25, 0.3) is 0 Å². The summed E-state index contributed by atoms with van der Waals surface area (Å²) >= 11 is 0. The number of benzene rings is 1. The number of sulfonamides is 1. The van der Waals surface area contributed by atoms with E-state index in [9.17, 15) is 21.6 Å². The van der Waals surface area contributed by atoms with Gasteiger partial charge in [0.25, 0.3) is 0 Å². The number of nitrogens with one attached hydrogen (secondary N) is 2. The lowest BCUT2D eigenvalue weighted by atomic mass is 10.3. The van der Waals surface area contributed by atoms with Gasteiger partial charge >= 0.3 is 0 Å². The highest BCUT2D eigenvalue weighted by Gasteiger charge is 2.25. The molecule has 1 unspecified atom stereocenters. The highest BCUT2D eigenvalue weighted by molar-refractivity contribution is 7.89. The van der Waals surface area contributed by atoms with Crippen molar-refractivity contribution >= 4 is 10.0 Å². The first-order valence-corrected chi connectivity index (χ1v) is 6.76. The van der Waals surface area contributed by atoms with E-state index >= 15 is 0 Å². The van der Waals surface area contributed by atoms with Gasteiger partial charge in [0.2, 0.25) is 10.0 Å². The Morgan fingerprint density at radius 1 is 1.22 bits per heavy atom. The molecule has 1 aromatic carbocycles. The van der Waals surface area contributed by atoms with Crippen molar-refractivity contribution in [2.75, 3.05) is 13.1 Å². The maximum Gasteiger partial charge on any atom is 0.241 e. The summed E-state index contributed by atoms with van der Waals surface area (Å²) in [6.07, 6.45) is 0.589. The molecule has 0 amide bonds. The van der Waals surface area contributed by atoms with Crippen LogP contribution in [-0.2, 0) is 10.0 Å². The maximum absolute atomic E-state index is 13.0. The Kier molecular flexibility index (Phi) is 3.60. The van der Waals surface area contributed by atoms with Crippen molar-refractivity contribution < 1.29 is 21.6 Å². The Labute approximate surface area is 102 Å². The summed E-state index contributed by atoms with van der Waals surface area (Å²) < 4.78 is 64.6. The average molecular weight is 280 g/mol. The first-order valence-electron chi connectivity index (χ1n) is 5.28. The van der Waals surface area contributed by atoms with Crippen LogP contribution in [0.15, 0.2) is 17.0 Å². The molecule has 0 saturated carbocycles. The molecule has 100 valence electrons. The summed E-state index contributed by atoms with van der Waals surface area (Å²) in [6, 6.07) is 0.595. The first-order chi connectivity index (χ1) is 8.40. The third-order valence-corrected chi connectivity index (χ3v) is 4.15. The SMILES string of the molecule is O=S(=O)(NC1CCNC1)c1cc(F)c(F)c(F)c1. The molecule has 2 N–H and O–H groups in total. The van der Waals surface area contributed by atoms with Gasteiger partial charge in [-0.15, -0.1) is 0 Å². The predicted molar refractivity (Wildman–Crippen MR) is 57.9 cm³/mol. The zero-order chi connectivity index (χ0) is 13.3. The fourth-order valence-corrected chi connectivity index (χ4v) is 3.02. The predicted octanol–water partition coefficient (Wildman–Crippen LogP) is 0.744. The Balaban J connectivity index is 2.29. The van der Waals surface area contributed by atoms with E-state index in [0.29, 0.717) is 31.6 Å². The third kappa shape index (κ3) is 2.65. The number of halogens is 3. The average Bonchev–Trinajstić information content (AvgIpc) is 2.77. The minimum Gasteiger partial charge on any atom is -0.315 e. The summed E-state index contributed by atoms with van der Waals surface area (Å²) in [5.74, 6) is -4.74. The molecule has 18 heavy (non-hydrogen) atoms. The molecule has 8 heteroatoms. The van der Waals surface area contributed by atoms with Crippen molar-refractivity contribution in [2.24, 2.45) is 0 Å². The van der Waals surface area contributed by atoms with Gasteiger partial charge in [0.1, 0.15) is 0 Å². The van der Waals surface area contributed by atoms with Crippen molar-refractivity contribution in [1.29, 1.82) is 0 Å². The smallest absolute Gasteiger partial charge is 0.241 e. The Morgan fingerprint density at radius 3 is 2.33 bits per heavy atom. The maximum atomic E-state index is 13.0. The van der Waals surface area contributed by atoms with Crippen LogP contribution in [0.2, 0.25) is 0 Å².